The molecular formula is C26H35O8P. The summed E-state index contributed by atoms with van der Waals surface area (Å²) in [6, 6.07) is 0. The van der Waals surface area contributed by atoms with E-state index >= 15 is 0 Å². The summed E-state index contributed by atoms with van der Waals surface area (Å²) in [7, 11) is -4.79. The predicted molar refractivity (Wildman–Crippen MR) is 132 cm³/mol. The zero-order valence-electron chi connectivity index (χ0n) is 20.6. The van der Waals surface area contributed by atoms with Gasteiger partial charge in [-0.05, 0) is 48.9 Å². The molecule has 8 nitrogen and oxygen atoms in total. The number of esters is 2. The standard InChI is InChI=1S/C26H35O8P/c1-3-5-7-9-11-12-13-15-17-19-21-26(28)34-24(23-33-35(29,30)31)22-32-25(27)20-18-16-14-10-8-6-4-2/h24H,3,5,7,9,11-13,15,17,19,21-23H2,1-2H3,(H2,29,30,31)/t24-/m1/s1. The number of hydrogen-bond donors (Lipinski definition) is 2. The van der Waals surface area contributed by atoms with E-state index in [0.717, 1.165) is 19.3 Å². The minimum atomic E-state index is -4.79. The maximum absolute atomic E-state index is 12.1. The number of hydrogen-bond acceptors (Lipinski definition) is 6. The molecule has 0 aromatic heterocycles. The highest BCUT2D eigenvalue weighted by atomic mass is 31.2. The van der Waals surface area contributed by atoms with E-state index in [4.69, 9.17) is 19.3 Å². The molecule has 9 heteroatoms. The van der Waals surface area contributed by atoms with Gasteiger partial charge in [-0.3, -0.25) is 9.32 Å². The molecule has 2 N–H and O–H groups in total. The molecule has 0 heterocycles. The lowest BCUT2D eigenvalue weighted by atomic mass is 10.1. The summed E-state index contributed by atoms with van der Waals surface area (Å²) in [4.78, 5) is 41.6. The van der Waals surface area contributed by atoms with E-state index in [1.165, 1.54) is 38.5 Å². The molecular weight excluding hydrogens is 471 g/mol. The lowest BCUT2D eigenvalue weighted by Gasteiger charge is -2.17. The highest BCUT2D eigenvalue weighted by molar-refractivity contribution is 7.46. The van der Waals surface area contributed by atoms with Crippen LogP contribution >= 0.6 is 7.82 Å². The Morgan fingerprint density at radius 3 is 1.91 bits per heavy atom. The van der Waals surface area contributed by atoms with E-state index in [1.807, 2.05) is 0 Å². The molecule has 0 aromatic carbocycles. The second kappa shape index (κ2) is 21.8. The van der Waals surface area contributed by atoms with Crippen molar-refractivity contribution in [3.63, 3.8) is 0 Å². The average Bonchev–Trinajstić information content (AvgIpc) is 2.81. The smallest absolute Gasteiger partial charge is 0.456 e. The first kappa shape index (κ1) is 32.3. The molecule has 0 spiro atoms. The van der Waals surface area contributed by atoms with Crippen molar-refractivity contribution in [2.24, 2.45) is 0 Å². The van der Waals surface area contributed by atoms with Crippen LogP contribution < -0.4 is 0 Å². The molecule has 0 fully saturated rings. The number of carbonyl (C=O) groups is 2. The Labute approximate surface area is 209 Å². The molecule has 1 atom stereocenters. The van der Waals surface area contributed by atoms with Gasteiger partial charge in [0.1, 0.15) is 6.61 Å². The largest absolute Gasteiger partial charge is 0.469 e. The summed E-state index contributed by atoms with van der Waals surface area (Å²) in [6.07, 6.45) is 10.1. The van der Waals surface area contributed by atoms with E-state index in [1.54, 1.807) is 6.92 Å². The fourth-order valence-electron chi connectivity index (χ4n) is 2.77. The summed E-state index contributed by atoms with van der Waals surface area (Å²) in [5.74, 6) is 17.5. The predicted octanol–water partition coefficient (Wildman–Crippen LogP) is 3.90. The quantitative estimate of drug-likeness (QED) is 0.100. The first-order chi connectivity index (χ1) is 16.8. The maximum atomic E-state index is 12.1. The Balaban J connectivity index is 4.39. The second-order valence-corrected chi connectivity index (χ2v) is 8.79. The molecule has 0 saturated heterocycles. The Morgan fingerprint density at radius 1 is 0.800 bits per heavy atom. The fraction of sp³-hybridized carbons (Fsp3) is 0.615. The van der Waals surface area contributed by atoms with E-state index < -0.39 is 39.1 Å². The zero-order chi connectivity index (χ0) is 26.2. The van der Waals surface area contributed by atoms with Gasteiger partial charge in [-0.15, -0.1) is 0 Å². The topological polar surface area (TPSA) is 119 Å². The van der Waals surface area contributed by atoms with Crippen molar-refractivity contribution < 1.29 is 37.9 Å². The molecule has 0 rings (SSSR count). The molecule has 0 aliphatic carbocycles. The average molecular weight is 507 g/mol. The molecule has 35 heavy (non-hydrogen) atoms. The van der Waals surface area contributed by atoms with Gasteiger partial charge in [0.05, 0.1) is 6.61 Å². The van der Waals surface area contributed by atoms with Crippen LogP contribution in [0.15, 0.2) is 0 Å². The van der Waals surface area contributed by atoms with Crippen LogP contribution in [-0.4, -0.2) is 41.0 Å². The maximum Gasteiger partial charge on any atom is 0.469 e. The second-order valence-electron chi connectivity index (χ2n) is 7.55. The number of rotatable bonds is 17. The molecule has 0 aliphatic heterocycles. The number of unbranched alkanes of at least 4 members (excludes halogenated alkanes) is 9. The van der Waals surface area contributed by atoms with Crippen LogP contribution in [0, 0.1) is 47.4 Å². The van der Waals surface area contributed by atoms with Gasteiger partial charge in [0.25, 0.3) is 0 Å². The van der Waals surface area contributed by atoms with Crippen molar-refractivity contribution in [3.05, 3.63) is 0 Å². The van der Waals surface area contributed by atoms with Gasteiger partial charge in [0.2, 0.25) is 0 Å². The van der Waals surface area contributed by atoms with Gasteiger partial charge in [0.15, 0.2) is 6.10 Å². The van der Waals surface area contributed by atoms with Crippen molar-refractivity contribution in [2.45, 2.75) is 90.6 Å². The van der Waals surface area contributed by atoms with Crippen LogP contribution in [0.3, 0.4) is 0 Å². The minimum absolute atomic E-state index is 0.149. The minimum Gasteiger partial charge on any atom is -0.456 e. The van der Waals surface area contributed by atoms with E-state index in [9.17, 15) is 14.2 Å². The fourth-order valence-corrected chi connectivity index (χ4v) is 3.13. The highest BCUT2D eigenvalue weighted by Crippen LogP contribution is 2.35. The zero-order valence-corrected chi connectivity index (χ0v) is 21.5. The van der Waals surface area contributed by atoms with Gasteiger partial charge < -0.3 is 19.3 Å². The van der Waals surface area contributed by atoms with Crippen LogP contribution in [0.2, 0.25) is 0 Å². The van der Waals surface area contributed by atoms with E-state index in [2.05, 4.69) is 58.8 Å². The highest BCUT2D eigenvalue weighted by Gasteiger charge is 2.22. The van der Waals surface area contributed by atoms with Crippen molar-refractivity contribution >= 4 is 19.8 Å². The van der Waals surface area contributed by atoms with Crippen molar-refractivity contribution in [1.29, 1.82) is 0 Å². The summed E-state index contributed by atoms with van der Waals surface area (Å²) in [6.45, 7) is 2.71. The molecule has 0 bridgehead atoms. The van der Waals surface area contributed by atoms with Crippen molar-refractivity contribution in [1.82, 2.24) is 0 Å². The van der Waals surface area contributed by atoms with Gasteiger partial charge >= 0.3 is 19.8 Å². The summed E-state index contributed by atoms with van der Waals surface area (Å²) >= 11 is 0. The van der Waals surface area contributed by atoms with E-state index in [0.29, 0.717) is 6.42 Å². The number of phosphoric acid groups is 1. The third kappa shape index (κ3) is 24.2. The molecule has 192 valence electrons. The monoisotopic (exact) mass is 506 g/mol. The van der Waals surface area contributed by atoms with E-state index in [-0.39, 0.29) is 6.42 Å². The van der Waals surface area contributed by atoms with Crippen molar-refractivity contribution in [2.75, 3.05) is 13.2 Å². The van der Waals surface area contributed by atoms with Crippen LogP contribution in [-0.2, 0) is 28.2 Å². The lowest BCUT2D eigenvalue weighted by Crippen LogP contribution is -2.29. The Hall–Kier alpha value is -2.71. The summed E-state index contributed by atoms with van der Waals surface area (Å²) < 4.78 is 25.4. The van der Waals surface area contributed by atoms with Gasteiger partial charge in [0, 0.05) is 12.3 Å². The van der Waals surface area contributed by atoms with Gasteiger partial charge in [-0.1, -0.05) is 70.6 Å². The summed E-state index contributed by atoms with van der Waals surface area (Å²) in [5, 5.41) is 0. The Morgan fingerprint density at radius 2 is 1.34 bits per heavy atom. The third-order valence-electron chi connectivity index (χ3n) is 4.46. The normalized spacial score (nSPS) is 10.6. The molecule has 0 aliphatic rings. The molecule has 0 radical (unpaired) electrons. The summed E-state index contributed by atoms with van der Waals surface area (Å²) in [5.41, 5.74) is 0. The Kier molecular flexibility index (Phi) is 20.1. The van der Waals surface area contributed by atoms with Gasteiger partial charge in [-0.2, -0.15) is 0 Å². The van der Waals surface area contributed by atoms with Crippen LogP contribution in [0.25, 0.3) is 0 Å². The number of carbonyl (C=O) groups excluding carboxylic acids is 2. The van der Waals surface area contributed by atoms with Gasteiger partial charge in [-0.25, -0.2) is 9.36 Å². The molecule has 0 aromatic rings. The number of ether oxygens (including phenoxy) is 2. The first-order valence-electron chi connectivity index (χ1n) is 11.8. The molecule has 0 unspecified atom stereocenters. The first-order valence-corrected chi connectivity index (χ1v) is 13.3. The number of phosphoric ester groups is 1. The molecule has 0 amide bonds. The van der Waals surface area contributed by atoms with Crippen LogP contribution in [0.4, 0.5) is 0 Å². The SMILES string of the molecule is CC#CC#CC#CC#CC(=O)OC[C@H](COP(=O)(O)O)OC(=O)CCCCCCCCCCCC. The van der Waals surface area contributed by atoms with Crippen LogP contribution in [0.1, 0.15) is 84.5 Å². The van der Waals surface area contributed by atoms with Crippen molar-refractivity contribution in [3.8, 4) is 47.4 Å². The third-order valence-corrected chi connectivity index (χ3v) is 4.95. The lowest BCUT2D eigenvalue weighted by molar-refractivity contribution is -0.158. The van der Waals surface area contributed by atoms with Crippen LogP contribution in [0.5, 0.6) is 0 Å². The Bertz CT molecular complexity index is 921. The molecule has 0 saturated carbocycles.